The number of hydrogen-bond acceptors (Lipinski definition) is 5. The highest BCUT2D eigenvalue weighted by molar-refractivity contribution is 6.04. The van der Waals surface area contributed by atoms with E-state index in [2.05, 4.69) is 26.6 Å². The normalized spacial score (nSPS) is 11.3. The molecule has 6 heteroatoms. The number of hydrogen-bond donors (Lipinski definition) is 2. The Morgan fingerprint density at radius 2 is 2.11 bits per heavy atom. The standard InChI is InChI=1S/C13H16N6/c1-19-10-6-3-2-5-9(10)11-12(19)16-13(18-17-11)15-8-4-7-14/h2-3,5-6H,4,7-8,14H2,1H3,(H,15,16,18). The van der Waals surface area contributed by atoms with Crippen molar-refractivity contribution in [3.8, 4) is 0 Å². The molecule has 0 fully saturated rings. The van der Waals surface area contributed by atoms with E-state index in [0.717, 1.165) is 35.0 Å². The number of para-hydroxylation sites is 1. The van der Waals surface area contributed by atoms with Gasteiger partial charge in [-0.15, -0.1) is 10.2 Å². The van der Waals surface area contributed by atoms with Crippen LogP contribution in [0.3, 0.4) is 0 Å². The minimum atomic E-state index is 0.548. The molecule has 0 unspecified atom stereocenters. The van der Waals surface area contributed by atoms with Crippen LogP contribution in [0.4, 0.5) is 5.95 Å². The third-order valence-electron chi connectivity index (χ3n) is 3.17. The molecule has 0 aliphatic carbocycles. The monoisotopic (exact) mass is 256 g/mol. The zero-order chi connectivity index (χ0) is 13.2. The number of aromatic nitrogens is 4. The molecular formula is C13H16N6. The zero-order valence-corrected chi connectivity index (χ0v) is 10.8. The SMILES string of the molecule is Cn1c2ccccc2c2nnc(NCCCN)nc21. The summed E-state index contributed by atoms with van der Waals surface area (Å²) in [6.45, 7) is 1.41. The molecule has 3 aromatic rings. The third-order valence-corrected chi connectivity index (χ3v) is 3.17. The lowest BCUT2D eigenvalue weighted by molar-refractivity contribution is 0.854. The Morgan fingerprint density at radius 1 is 1.26 bits per heavy atom. The van der Waals surface area contributed by atoms with Gasteiger partial charge < -0.3 is 15.6 Å². The Balaban J connectivity index is 2.07. The van der Waals surface area contributed by atoms with E-state index in [1.165, 1.54) is 0 Å². The number of nitrogens with zero attached hydrogens (tertiary/aromatic N) is 4. The van der Waals surface area contributed by atoms with Gasteiger partial charge in [0.25, 0.3) is 0 Å². The summed E-state index contributed by atoms with van der Waals surface area (Å²) in [4.78, 5) is 4.52. The van der Waals surface area contributed by atoms with Crippen LogP contribution in [0.5, 0.6) is 0 Å². The highest BCUT2D eigenvalue weighted by Gasteiger charge is 2.11. The van der Waals surface area contributed by atoms with E-state index >= 15 is 0 Å². The van der Waals surface area contributed by atoms with Gasteiger partial charge in [-0.2, -0.15) is 4.98 Å². The Hall–Kier alpha value is -2.21. The van der Waals surface area contributed by atoms with Crippen LogP contribution in [-0.2, 0) is 7.05 Å². The van der Waals surface area contributed by atoms with Crippen molar-refractivity contribution < 1.29 is 0 Å². The minimum Gasteiger partial charge on any atom is -0.353 e. The van der Waals surface area contributed by atoms with Crippen LogP contribution >= 0.6 is 0 Å². The van der Waals surface area contributed by atoms with Crippen LogP contribution in [0.15, 0.2) is 24.3 Å². The quantitative estimate of drug-likeness (QED) is 0.687. The Kier molecular flexibility index (Phi) is 3.00. The Bertz CT molecular complexity index is 718. The number of fused-ring (bicyclic) bond motifs is 3. The third kappa shape index (κ3) is 2.00. The predicted molar refractivity (Wildman–Crippen MR) is 76.0 cm³/mol. The second-order valence-electron chi connectivity index (χ2n) is 4.45. The van der Waals surface area contributed by atoms with Gasteiger partial charge in [0, 0.05) is 19.0 Å². The molecule has 0 amide bonds. The number of aryl methyl sites for hydroxylation is 1. The van der Waals surface area contributed by atoms with Crippen LogP contribution in [-0.4, -0.2) is 32.8 Å². The molecule has 0 bridgehead atoms. The summed E-state index contributed by atoms with van der Waals surface area (Å²) in [6.07, 6.45) is 0.885. The van der Waals surface area contributed by atoms with Crippen LogP contribution in [0.25, 0.3) is 22.1 Å². The van der Waals surface area contributed by atoms with E-state index in [4.69, 9.17) is 5.73 Å². The van der Waals surface area contributed by atoms with Crippen LogP contribution in [0.1, 0.15) is 6.42 Å². The molecule has 3 N–H and O–H groups in total. The smallest absolute Gasteiger partial charge is 0.244 e. The topological polar surface area (TPSA) is 81.7 Å². The van der Waals surface area contributed by atoms with Gasteiger partial charge in [-0.25, -0.2) is 0 Å². The first kappa shape index (κ1) is 11.9. The fourth-order valence-electron chi connectivity index (χ4n) is 2.18. The summed E-state index contributed by atoms with van der Waals surface area (Å²) >= 11 is 0. The highest BCUT2D eigenvalue weighted by Crippen LogP contribution is 2.24. The average Bonchev–Trinajstić information content (AvgIpc) is 2.73. The number of benzene rings is 1. The largest absolute Gasteiger partial charge is 0.353 e. The summed E-state index contributed by atoms with van der Waals surface area (Å²) in [6, 6.07) is 8.10. The first-order valence-corrected chi connectivity index (χ1v) is 6.33. The van der Waals surface area contributed by atoms with Gasteiger partial charge in [0.2, 0.25) is 5.95 Å². The molecule has 3 rings (SSSR count). The molecule has 0 saturated carbocycles. The van der Waals surface area contributed by atoms with Crippen LogP contribution < -0.4 is 11.1 Å². The average molecular weight is 256 g/mol. The maximum atomic E-state index is 5.46. The van der Waals surface area contributed by atoms with E-state index in [1.54, 1.807) is 0 Å². The molecule has 0 atom stereocenters. The molecule has 0 aliphatic rings. The first-order valence-electron chi connectivity index (χ1n) is 6.33. The summed E-state index contributed by atoms with van der Waals surface area (Å²) in [5, 5.41) is 12.6. The molecule has 19 heavy (non-hydrogen) atoms. The summed E-state index contributed by atoms with van der Waals surface area (Å²) in [5.41, 5.74) is 8.24. The number of rotatable bonds is 4. The van der Waals surface area contributed by atoms with Crippen molar-refractivity contribution in [1.29, 1.82) is 0 Å². The lowest BCUT2D eigenvalue weighted by Crippen LogP contribution is -2.11. The van der Waals surface area contributed by atoms with Crippen molar-refractivity contribution in [2.75, 3.05) is 18.4 Å². The molecule has 0 aliphatic heterocycles. The second kappa shape index (κ2) is 4.81. The van der Waals surface area contributed by atoms with Gasteiger partial charge in [-0.05, 0) is 19.0 Å². The van der Waals surface area contributed by atoms with Gasteiger partial charge >= 0.3 is 0 Å². The molecule has 2 aromatic heterocycles. The van der Waals surface area contributed by atoms with Gasteiger partial charge in [0.05, 0.1) is 5.52 Å². The molecule has 0 radical (unpaired) electrons. The van der Waals surface area contributed by atoms with Crippen LogP contribution in [0, 0.1) is 0 Å². The second-order valence-corrected chi connectivity index (χ2v) is 4.45. The van der Waals surface area contributed by atoms with Gasteiger partial charge in [0.15, 0.2) is 5.65 Å². The summed E-state index contributed by atoms with van der Waals surface area (Å²) in [5.74, 6) is 0.548. The molecule has 0 spiro atoms. The van der Waals surface area contributed by atoms with Crippen LogP contribution in [0.2, 0.25) is 0 Å². The highest BCUT2D eigenvalue weighted by atomic mass is 15.3. The van der Waals surface area contributed by atoms with Crippen molar-refractivity contribution in [3.05, 3.63) is 24.3 Å². The minimum absolute atomic E-state index is 0.548. The van der Waals surface area contributed by atoms with E-state index in [-0.39, 0.29) is 0 Å². The van der Waals surface area contributed by atoms with E-state index < -0.39 is 0 Å². The molecule has 1 aromatic carbocycles. The Morgan fingerprint density at radius 3 is 2.95 bits per heavy atom. The van der Waals surface area contributed by atoms with Gasteiger partial charge in [0.1, 0.15) is 5.52 Å². The zero-order valence-electron chi connectivity index (χ0n) is 10.8. The molecule has 6 nitrogen and oxygen atoms in total. The van der Waals surface area contributed by atoms with E-state index in [9.17, 15) is 0 Å². The van der Waals surface area contributed by atoms with Gasteiger partial charge in [-0.3, -0.25) is 0 Å². The fraction of sp³-hybridized carbons (Fsp3) is 0.308. The van der Waals surface area contributed by atoms with Crippen molar-refractivity contribution >= 4 is 28.0 Å². The van der Waals surface area contributed by atoms with E-state index in [1.807, 2.05) is 29.8 Å². The van der Waals surface area contributed by atoms with Crippen molar-refractivity contribution in [1.82, 2.24) is 19.7 Å². The lowest BCUT2D eigenvalue weighted by atomic mass is 10.2. The van der Waals surface area contributed by atoms with Gasteiger partial charge in [-0.1, -0.05) is 18.2 Å². The first-order chi connectivity index (χ1) is 9.31. The maximum absolute atomic E-state index is 5.46. The molecule has 0 saturated heterocycles. The number of nitrogens with two attached hydrogens (primary N) is 1. The number of anilines is 1. The molecule has 2 heterocycles. The summed E-state index contributed by atoms with van der Waals surface area (Å²) < 4.78 is 2.04. The van der Waals surface area contributed by atoms with E-state index in [0.29, 0.717) is 12.5 Å². The molecule has 98 valence electrons. The fourth-order valence-corrected chi connectivity index (χ4v) is 2.18. The van der Waals surface area contributed by atoms with Crippen molar-refractivity contribution in [2.45, 2.75) is 6.42 Å². The van der Waals surface area contributed by atoms with Crippen molar-refractivity contribution in [3.63, 3.8) is 0 Å². The summed E-state index contributed by atoms with van der Waals surface area (Å²) in [7, 11) is 1.99. The number of nitrogens with one attached hydrogen (secondary N) is 1. The lowest BCUT2D eigenvalue weighted by Gasteiger charge is -2.02. The van der Waals surface area contributed by atoms with Crippen molar-refractivity contribution in [2.24, 2.45) is 12.8 Å². The molecular weight excluding hydrogens is 240 g/mol. The predicted octanol–water partition coefficient (Wildman–Crippen LogP) is 1.28. The maximum Gasteiger partial charge on any atom is 0.244 e. The Labute approximate surface area is 110 Å².